The lowest BCUT2D eigenvalue weighted by Gasteiger charge is -2.20. The van der Waals surface area contributed by atoms with E-state index < -0.39 is 11.7 Å². The minimum Gasteiger partial charge on any atom is -0.444 e. The number of hydrogen-bond donors (Lipinski definition) is 1. The molecule has 0 aliphatic heterocycles. The summed E-state index contributed by atoms with van der Waals surface area (Å²) in [5.74, 6) is 0. The molecule has 0 aliphatic carbocycles. The summed E-state index contributed by atoms with van der Waals surface area (Å²) in [6.45, 7) is 9.33. The van der Waals surface area contributed by atoms with E-state index in [-0.39, 0.29) is 0 Å². The first kappa shape index (κ1) is 15.0. The molecular weight excluding hydrogens is 240 g/mol. The topological polar surface area (TPSA) is 62.1 Å². The van der Waals surface area contributed by atoms with Crippen molar-refractivity contribution in [3.8, 4) is 6.07 Å². The van der Waals surface area contributed by atoms with Gasteiger partial charge in [0.05, 0.1) is 12.5 Å². The first-order valence-electron chi connectivity index (χ1n) is 6.20. The van der Waals surface area contributed by atoms with Crippen LogP contribution in [0.5, 0.6) is 0 Å². The first-order chi connectivity index (χ1) is 8.73. The van der Waals surface area contributed by atoms with Crippen molar-refractivity contribution < 1.29 is 9.53 Å². The third-order valence-corrected chi connectivity index (χ3v) is 2.65. The summed E-state index contributed by atoms with van der Waals surface area (Å²) < 4.78 is 5.22. The summed E-state index contributed by atoms with van der Waals surface area (Å²) >= 11 is 0. The van der Waals surface area contributed by atoms with Crippen molar-refractivity contribution >= 4 is 11.8 Å². The molecule has 0 aromatic heterocycles. The molecule has 1 rings (SSSR count). The highest BCUT2D eigenvalue weighted by Gasteiger charge is 2.17. The number of carbonyl (C=O) groups excluding carboxylic acids is 1. The van der Waals surface area contributed by atoms with Gasteiger partial charge >= 0.3 is 6.09 Å². The van der Waals surface area contributed by atoms with Crippen LogP contribution in [0.25, 0.3) is 0 Å². The third kappa shape index (κ3) is 4.63. The number of nitrogens with one attached hydrogen (secondary N) is 1. The van der Waals surface area contributed by atoms with E-state index in [1.165, 1.54) is 0 Å². The van der Waals surface area contributed by atoms with E-state index in [2.05, 4.69) is 11.4 Å². The molecule has 0 radical (unpaired) electrons. The van der Waals surface area contributed by atoms with Gasteiger partial charge in [-0.05, 0) is 57.4 Å². The molecule has 4 nitrogen and oxygen atoms in total. The molecule has 1 amide bonds. The number of nitrogens with zero attached hydrogens (tertiary/aromatic N) is 1. The van der Waals surface area contributed by atoms with Crippen molar-refractivity contribution in [1.29, 1.82) is 5.26 Å². The number of amides is 1. The smallest absolute Gasteiger partial charge is 0.412 e. The quantitative estimate of drug-likeness (QED) is 0.881. The second-order valence-electron chi connectivity index (χ2n) is 5.55. The van der Waals surface area contributed by atoms with Crippen LogP contribution in [0.2, 0.25) is 0 Å². The van der Waals surface area contributed by atoms with Gasteiger partial charge in [-0.25, -0.2) is 4.79 Å². The zero-order chi connectivity index (χ0) is 14.6. The zero-order valence-corrected chi connectivity index (χ0v) is 12.1. The largest absolute Gasteiger partial charge is 0.444 e. The van der Waals surface area contributed by atoms with E-state index in [9.17, 15) is 4.79 Å². The van der Waals surface area contributed by atoms with Crippen LogP contribution in [0.1, 0.15) is 37.5 Å². The maximum Gasteiger partial charge on any atom is 0.412 e. The minimum absolute atomic E-state index is 0.324. The number of hydrogen-bond acceptors (Lipinski definition) is 3. The van der Waals surface area contributed by atoms with Crippen molar-refractivity contribution in [2.45, 2.75) is 46.6 Å². The van der Waals surface area contributed by atoms with Gasteiger partial charge in [0.25, 0.3) is 0 Å². The van der Waals surface area contributed by atoms with Gasteiger partial charge in [-0.1, -0.05) is 6.07 Å². The highest BCUT2D eigenvalue weighted by molar-refractivity contribution is 5.86. The second kappa shape index (κ2) is 5.75. The van der Waals surface area contributed by atoms with Crippen molar-refractivity contribution in [3.05, 3.63) is 28.8 Å². The Hall–Kier alpha value is -2.02. The van der Waals surface area contributed by atoms with Crippen LogP contribution in [0.15, 0.2) is 12.1 Å². The lowest BCUT2D eigenvalue weighted by Crippen LogP contribution is -2.27. The molecule has 0 saturated heterocycles. The van der Waals surface area contributed by atoms with Crippen molar-refractivity contribution in [2.24, 2.45) is 0 Å². The summed E-state index contributed by atoms with van der Waals surface area (Å²) in [4.78, 5) is 11.8. The highest BCUT2D eigenvalue weighted by atomic mass is 16.6. The molecule has 4 heteroatoms. The van der Waals surface area contributed by atoms with Crippen LogP contribution in [0.3, 0.4) is 0 Å². The summed E-state index contributed by atoms with van der Waals surface area (Å²) in [6, 6.07) is 5.88. The Kier molecular flexibility index (Phi) is 4.55. The van der Waals surface area contributed by atoms with Crippen LogP contribution >= 0.6 is 0 Å². The average molecular weight is 260 g/mol. The SMILES string of the molecule is Cc1cc(CC#N)cc(NC(=O)OC(C)(C)C)c1C. The number of aryl methyl sites for hydroxylation is 1. The Morgan fingerprint density at radius 3 is 2.53 bits per heavy atom. The van der Waals surface area contributed by atoms with Crippen molar-refractivity contribution in [1.82, 2.24) is 0 Å². The van der Waals surface area contributed by atoms with E-state index in [0.717, 1.165) is 16.7 Å². The number of rotatable bonds is 2. The Morgan fingerprint density at radius 1 is 1.37 bits per heavy atom. The Labute approximate surface area is 114 Å². The average Bonchev–Trinajstić information content (AvgIpc) is 2.23. The van der Waals surface area contributed by atoms with E-state index in [1.54, 1.807) is 0 Å². The van der Waals surface area contributed by atoms with E-state index in [4.69, 9.17) is 10.00 Å². The molecule has 0 atom stereocenters. The fourth-order valence-corrected chi connectivity index (χ4v) is 1.67. The van der Waals surface area contributed by atoms with E-state index >= 15 is 0 Å². The Morgan fingerprint density at radius 2 is 2.00 bits per heavy atom. The standard InChI is InChI=1S/C15H20N2O2/c1-10-8-12(6-7-16)9-13(11(10)2)17-14(18)19-15(3,4)5/h8-9H,6H2,1-5H3,(H,17,18). The Balaban J connectivity index is 2.94. The predicted molar refractivity (Wildman–Crippen MR) is 75.1 cm³/mol. The fraction of sp³-hybridized carbons (Fsp3) is 0.467. The molecule has 1 aromatic carbocycles. The molecule has 0 saturated carbocycles. The lowest BCUT2D eigenvalue weighted by atomic mass is 10.0. The molecule has 0 unspecified atom stereocenters. The van der Waals surface area contributed by atoms with Gasteiger partial charge in [0.15, 0.2) is 0 Å². The number of anilines is 1. The van der Waals surface area contributed by atoms with Crippen LogP contribution in [-0.4, -0.2) is 11.7 Å². The molecule has 1 aromatic rings. The molecule has 0 heterocycles. The summed E-state index contributed by atoms with van der Waals surface area (Å²) in [7, 11) is 0. The molecular formula is C15H20N2O2. The maximum absolute atomic E-state index is 11.8. The summed E-state index contributed by atoms with van der Waals surface area (Å²) in [5, 5.41) is 11.5. The van der Waals surface area contributed by atoms with Gasteiger partial charge < -0.3 is 4.74 Å². The van der Waals surface area contributed by atoms with Gasteiger partial charge in [0.2, 0.25) is 0 Å². The van der Waals surface area contributed by atoms with Gasteiger partial charge in [0, 0.05) is 5.69 Å². The van der Waals surface area contributed by atoms with E-state index in [1.807, 2.05) is 46.8 Å². The number of nitriles is 1. The van der Waals surface area contributed by atoms with Gasteiger partial charge in [0.1, 0.15) is 5.60 Å². The molecule has 19 heavy (non-hydrogen) atoms. The molecule has 0 bridgehead atoms. The number of ether oxygens (including phenoxy) is 1. The van der Waals surface area contributed by atoms with Gasteiger partial charge in [-0.15, -0.1) is 0 Å². The maximum atomic E-state index is 11.8. The zero-order valence-electron chi connectivity index (χ0n) is 12.1. The van der Waals surface area contributed by atoms with Gasteiger partial charge in [-0.3, -0.25) is 5.32 Å². The number of carbonyl (C=O) groups is 1. The molecule has 1 N–H and O–H groups in total. The van der Waals surface area contributed by atoms with Crippen LogP contribution in [0.4, 0.5) is 10.5 Å². The summed E-state index contributed by atoms with van der Waals surface area (Å²) in [5.41, 5.74) is 3.07. The van der Waals surface area contributed by atoms with Crippen molar-refractivity contribution in [2.75, 3.05) is 5.32 Å². The summed E-state index contributed by atoms with van der Waals surface area (Å²) in [6.07, 6.45) is -0.159. The van der Waals surface area contributed by atoms with Crippen LogP contribution in [0, 0.1) is 25.2 Å². The van der Waals surface area contributed by atoms with Gasteiger partial charge in [-0.2, -0.15) is 5.26 Å². The minimum atomic E-state index is -0.530. The molecule has 0 aliphatic rings. The molecule has 0 fully saturated rings. The van der Waals surface area contributed by atoms with Crippen molar-refractivity contribution in [3.63, 3.8) is 0 Å². The third-order valence-electron chi connectivity index (χ3n) is 2.65. The second-order valence-corrected chi connectivity index (χ2v) is 5.55. The molecule has 0 spiro atoms. The van der Waals surface area contributed by atoms with E-state index in [0.29, 0.717) is 12.1 Å². The Bertz CT molecular complexity index is 522. The highest BCUT2D eigenvalue weighted by Crippen LogP contribution is 2.22. The molecule has 102 valence electrons. The van der Waals surface area contributed by atoms with Crippen LogP contribution < -0.4 is 5.32 Å². The predicted octanol–water partition coefficient (Wildman–Crippen LogP) is 3.72. The monoisotopic (exact) mass is 260 g/mol. The lowest BCUT2D eigenvalue weighted by molar-refractivity contribution is 0.0636. The van der Waals surface area contributed by atoms with Crippen LogP contribution in [-0.2, 0) is 11.2 Å². The first-order valence-corrected chi connectivity index (χ1v) is 6.20. The number of benzene rings is 1. The normalized spacial score (nSPS) is 10.7. The fourth-order valence-electron chi connectivity index (χ4n) is 1.67.